The summed E-state index contributed by atoms with van der Waals surface area (Å²) in [7, 11) is 0. The van der Waals surface area contributed by atoms with Crippen molar-refractivity contribution in [1.29, 1.82) is 0 Å². The maximum atomic E-state index is 14.0. The van der Waals surface area contributed by atoms with Gasteiger partial charge >= 0.3 is 5.97 Å². The zero-order valence-corrected chi connectivity index (χ0v) is 17.2. The fourth-order valence-corrected chi connectivity index (χ4v) is 3.32. The topological polar surface area (TPSA) is 137 Å². The van der Waals surface area contributed by atoms with Crippen molar-refractivity contribution in [2.75, 3.05) is 0 Å². The van der Waals surface area contributed by atoms with Crippen molar-refractivity contribution < 1.29 is 23.9 Å². The molecule has 0 fully saturated rings. The molecule has 0 aliphatic rings. The number of benzene rings is 2. The molecule has 2 unspecified atom stereocenters. The summed E-state index contributed by atoms with van der Waals surface area (Å²) < 4.78 is 14.0. The summed E-state index contributed by atoms with van der Waals surface area (Å²) in [6.45, 7) is 1.22. The van der Waals surface area contributed by atoms with Gasteiger partial charge in [0.2, 0.25) is 5.91 Å². The summed E-state index contributed by atoms with van der Waals surface area (Å²) in [5.41, 5.74) is 2.00. The number of hydrogen-bond donors (Lipinski definition) is 4. The van der Waals surface area contributed by atoms with Crippen molar-refractivity contribution in [2.24, 2.45) is 0 Å². The molecule has 2 amide bonds. The zero-order valence-electron chi connectivity index (χ0n) is 17.2. The molecule has 9 nitrogen and oxygen atoms in total. The van der Waals surface area contributed by atoms with E-state index in [4.69, 9.17) is 0 Å². The van der Waals surface area contributed by atoms with E-state index in [1.165, 1.54) is 19.2 Å². The van der Waals surface area contributed by atoms with E-state index >= 15 is 0 Å². The molecule has 0 aliphatic heterocycles. The maximum Gasteiger partial charge on any atom is 0.326 e. The summed E-state index contributed by atoms with van der Waals surface area (Å²) >= 11 is 0. The van der Waals surface area contributed by atoms with Crippen molar-refractivity contribution in [3.63, 3.8) is 0 Å². The van der Waals surface area contributed by atoms with Crippen LogP contribution in [0, 0.1) is 5.82 Å². The first-order chi connectivity index (χ1) is 15.3. The molecule has 2 atom stereocenters. The number of amides is 2. The van der Waals surface area contributed by atoms with Gasteiger partial charge in [0.25, 0.3) is 5.91 Å². The minimum absolute atomic E-state index is 0.0480. The first-order valence-electron chi connectivity index (χ1n) is 9.84. The molecule has 3 rings (SSSR count). The number of halogens is 1. The van der Waals surface area contributed by atoms with E-state index < -0.39 is 29.9 Å². The Morgan fingerprint density at radius 3 is 2.41 bits per heavy atom. The second-order valence-corrected chi connectivity index (χ2v) is 7.23. The van der Waals surface area contributed by atoms with Gasteiger partial charge in [0.1, 0.15) is 11.9 Å². The van der Waals surface area contributed by atoms with Gasteiger partial charge < -0.3 is 15.7 Å². The Hall–Kier alpha value is -4.08. The number of nitrogens with one attached hydrogen (secondary N) is 3. The Labute approximate surface area is 183 Å². The first-order valence-corrected chi connectivity index (χ1v) is 9.84. The molecule has 166 valence electrons. The van der Waals surface area contributed by atoms with Crippen LogP contribution in [0.4, 0.5) is 4.39 Å². The summed E-state index contributed by atoms with van der Waals surface area (Å²) in [5, 5.41) is 24.2. The van der Waals surface area contributed by atoms with Crippen LogP contribution in [0.1, 0.15) is 29.4 Å². The number of carbonyl (C=O) groups excluding carboxylic acids is 2. The average Bonchev–Trinajstić information content (AvgIpc) is 3.29. The van der Waals surface area contributed by atoms with Gasteiger partial charge in [0.15, 0.2) is 5.69 Å². The second kappa shape index (κ2) is 10.3. The van der Waals surface area contributed by atoms with E-state index in [1.54, 1.807) is 42.5 Å². The lowest BCUT2D eigenvalue weighted by atomic mass is 9.96. The van der Waals surface area contributed by atoms with E-state index in [0.29, 0.717) is 11.1 Å². The quantitative estimate of drug-likeness (QED) is 0.402. The summed E-state index contributed by atoms with van der Waals surface area (Å²) in [6.07, 6.45) is 1.48. The molecular formula is C22H22FN5O4. The molecule has 1 heterocycles. The van der Waals surface area contributed by atoms with Gasteiger partial charge in [-0.1, -0.05) is 42.5 Å². The van der Waals surface area contributed by atoms with E-state index in [2.05, 4.69) is 26.0 Å². The number of carbonyl (C=O) groups is 3. The number of rotatable bonds is 9. The molecule has 3 aromatic rings. The van der Waals surface area contributed by atoms with Gasteiger partial charge in [0, 0.05) is 18.5 Å². The highest BCUT2D eigenvalue weighted by atomic mass is 19.1. The average molecular weight is 439 g/mol. The van der Waals surface area contributed by atoms with Crippen LogP contribution in [0.5, 0.6) is 0 Å². The third kappa shape index (κ3) is 5.97. The van der Waals surface area contributed by atoms with Crippen LogP contribution in [0.3, 0.4) is 0 Å². The molecule has 10 heteroatoms. The van der Waals surface area contributed by atoms with Crippen LogP contribution >= 0.6 is 0 Å². The van der Waals surface area contributed by atoms with Gasteiger partial charge in [-0.3, -0.25) is 9.59 Å². The number of carboxylic acids is 1. The number of hydrogen-bond acceptors (Lipinski definition) is 5. The van der Waals surface area contributed by atoms with Crippen LogP contribution in [0.2, 0.25) is 0 Å². The van der Waals surface area contributed by atoms with Gasteiger partial charge in [-0.2, -0.15) is 15.4 Å². The number of nitrogens with zero attached hydrogens (tertiary/aromatic N) is 2. The fraction of sp³-hybridized carbons (Fsp3) is 0.227. The van der Waals surface area contributed by atoms with Crippen LogP contribution in [-0.2, 0) is 16.0 Å². The number of aliphatic carboxylic acids is 1. The molecule has 0 saturated carbocycles. The Morgan fingerprint density at radius 2 is 1.81 bits per heavy atom. The van der Waals surface area contributed by atoms with E-state index in [-0.39, 0.29) is 24.4 Å². The highest BCUT2D eigenvalue weighted by Crippen LogP contribution is 2.23. The van der Waals surface area contributed by atoms with Crippen molar-refractivity contribution in [2.45, 2.75) is 31.8 Å². The predicted octanol–water partition coefficient (Wildman–Crippen LogP) is 1.93. The van der Waals surface area contributed by atoms with E-state index in [1.807, 2.05) is 0 Å². The van der Waals surface area contributed by atoms with Crippen LogP contribution in [0.15, 0.2) is 54.7 Å². The van der Waals surface area contributed by atoms with Gasteiger partial charge in [-0.25, -0.2) is 9.18 Å². The van der Waals surface area contributed by atoms with Crippen molar-refractivity contribution in [3.05, 3.63) is 71.8 Å². The molecular weight excluding hydrogens is 417 g/mol. The molecule has 1 aromatic heterocycles. The minimum atomic E-state index is -1.21. The standard InChI is InChI=1S/C22H22FN5O4/c1-13(29)25-19(22(31)32)11-16(26-21(30)20-12-24-28-27-20)10-14-6-8-15(9-7-14)17-4-2-3-5-18(17)23/h2-9,12,16,19H,10-11H2,1H3,(H,25,29)(H,26,30)(H,31,32)(H,24,27,28). The number of H-pyrrole nitrogens is 1. The number of aromatic amines is 1. The fourth-order valence-electron chi connectivity index (χ4n) is 3.32. The molecule has 0 radical (unpaired) electrons. The van der Waals surface area contributed by atoms with Gasteiger partial charge in [0.05, 0.1) is 6.20 Å². The smallest absolute Gasteiger partial charge is 0.326 e. The SMILES string of the molecule is CC(=O)NC(CC(Cc1ccc(-c2ccccc2F)cc1)NC(=O)c1cn[nH]n1)C(=O)O. The lowest BCUT2D eigenvalue weighted by molar-refractivity contribution is -0.141. The van der Waals surface area contributed by atoms with Crippen LogP contribution < -0.4 is 10.6 Å². The summed E-state index contributed by atoms with van der Waals surface area (Å²) in [6, 6.07) is 11.7. The van der Waals surface area contributed by atoms with Gasteiger partial charge in [-0.05, 0) is 30.0 Å². The Kier molecular flexibility index (Phi) is 7.27. The second-order valence-electron chi connectivity index (χ2n) is 7.23. The molecule has 0 aliphatic carbocycles. The lowest BCUT2D eigenvalue weighted by Gasteiger charge is -2.23. The normalized spacial score (nSPS) is 12.6. The third-order valence-electron chi connectivity index (χ3n) is 4.80. The zero-order chi connectivity index (χ0) is 23.1. The van der Waals surface area contributed by atoms with Gasteiger partial charge in [-0.15, -0.1) is 0 Å². The molecule has 0 bridgehead atoms. The van der Waals surface area contributed by atoms with Crippen LogP contribution in [0.25, 0.3) is 11.1 Å². The number of aromatic nitrogens is 3. The monoisotopic (exact) mass is 439 g/mol. The highest BCUT2D eigenvalue weighted by molar-refractivity contribution is 5.92. The molecule has 4 N–H and O–H groups in total. The third-order valence-corrected chi connectivity index (χ3v) is 4.80. The van der Waals surface area contributed by atoms with E-state index in [9.17, 15) is 23.9 Å². The summed E-state index contributed by atoms with van der Waals surface area (Å²) in [5.74, 6) is -2.57. The summed E-state index contributed by atoms with van der Waals surface area (Å²) in [4.78, 5) is 35.4. The minimum Gasteiger partial charge on any atom is -0.480 e. The highest BCUT2D eigenvalue weighted by Gasteiger charge is 2.25. The maximum absolute atomic E-state index is 14.0. The Morgan fingerprint density at radius 1 is 1.09 bits per heavy atom. The lowest BCUT2D eigenvalue weighted by Crippen LogP contribution is -2.47. The van der Waals surface area contributed by atoms with Crippen LogP contribution in [-0.4, -0.2) is 50.4 Å². The van der Waals surface area contributed by atoms with Crippen molar-refractivity contribution >= 4 is 17.8 Å². The van der Waals surface area contributed by atoms with E-state index in [0.717, 1.165) is 5.56 Å². The van der Waals surface area contributed by atoms with Crippen molar-refractivity contribution in [1.82, 2.24) is 26.0 Å². The Balaban J connectivity index is 1.79. The molecule has 2 aromatic carbocycles. The Bertz CT molecular complexity index is 1090. The predicted molar refractivity (Wildman–Crippen MR) is 113 cm³/mol. The van der Waals surface area contributed by atoms with Crippen molar-refractivity contribution in [3.8, 4) is 11.1 Å². The molecule has 32 heavy (non-hydrogen) atoms. The first kappa shape index (κ1) is 22.6. The molecule has 0 spiro atoms. The largest absolute Gasteiger partial charge is 0.480 e. The number of carboxylic acid groups (broad SMARTS) is 1. The molecule has 0 saturated heterocycles.